The Morgan fingerprint density at radius 1 is 1.17 bits per heavy atom. The SMILES string of the molecule is CC(C)C(C)(CO)N1C(=O)c2ccccc2C1=O. The van der Waals surface area contributed by atoms with Gasteiger partial charge in [-0.3, -0.25) is 14.5 Å². The summed E-state index contributed by atoms with van der Waals surface area (Å²) in [5.41, 5.74) is -0.0293. The lowest BCUT2D eigenvalue weighted by Gasteiger charge is -2.39. The number of carbonyl (C=O) groups is 2. The molecule has 1 aromatic carbocycles. The summed E-state index contributed by atoms with van der Waals surface area (Å²) in [4.78, 5) is 25.8. The molecule has 1 unspecified atom stereocenters. The van der Waals surface area contributed by atoms with Crippen LogP contribution in [-0.4, -0.2) is 34.0 Å². The monoisotopic (exact) mass is 247 g/mol. The van der Waals surface area contributed by atoms with E-state index >= 15 is 0 Å². The van der Waals surface area contributed by atoms with E-state index in [-0.39, 0.29) is 24.3 Å². The summed E-state index contributed by atoms with van der Waals surface area (Å²) in [6.45, 7) is 5.27. The van der Waals surface area contributed by atoms with E-state index in [1.807, 2.05) is 13.8 Å². The summed E-state index contributed by atoms with van der Waals surface area (Å²) in [5, 5.41) is 9.58. The summed E-state index contributed by atoms with van der Waals surface area (Å²) in [5.74, 6) is -0.661. The quantitative estimate of drug-likeness (QED) is 0.827. The zero-order chi connectivity index (χ0) is 13.5. The van der Waals surface area contributed by atoms with Crippen LogP contribution in [0.3, 0.4) is 0 Å². The Morgan fingerprint density at radius 3 is 1.94 bits per heavy atom. The number of fused-ring (bicyclic) bond motifs is 1. The van der Waals surface area contributed by atoms with E-state index in [4.69, 9.17) is 0 Å². The minimum absolute atomic E-state index is 0.0234. The second-order valence-corrected chi connectivity index (χ2v) is 5.16. The zero-order valence-corrected chi connectivity index (χ0v) is 10.8. The fourth-order valence-electron chi connectivity index (χ4n) is 2.16. The molecular formula is C14H17NO3. The number of benzene rings is 1. The maximum atomic E-state index is 12.3. The molecule has 0 bridgehead atoms. The van der Waals surface area contributed by atoms with Gasteiger partial charge in [0, 0.05) is 0 Å². The van der Waals surface area contributed by atoms with Gasteiger partial charge in [0.15, 0.2) is 0 Å². The molecule has 4 nitrogen and oxygen atoms in total. The van der Waals surface area contributed by atoms with E-state index in [0.29, 0.717) is 11.1 Å². The maximum absolute atomic E-state index is 12.3. The molecule has 1 heterocycles. The first-order chi connectivity index (χ1) is 8.43. The van der Waals surface area contributed by atoms with Crippen LogP contribution in [0.25, 0.3) is 0 Å². The second kappa shape index (κ2) is 4.21. The van der Waals surface area contributed by atoms with E-state index in [1.54, 1.807) is 31.2 Å². The number of imide groups is 1. The Bertz CT molecular complexity index is 475. The van der Waals surface area contributed by atoms with E-state index in [2.05, 4.69) is 0 Å². The number of hydrogen-bond donors (Lipinski definition) is 1. The Kier molecular flexibility index (Phi) is 2.99. The number of amides is 2. The first kappa shape index (κ1) is 12.8. The van der Waals surface area contributed by atoms with E-state index in [9.17, 15) is 14.7 Å². The Hall–Kier alpha value is -1.68. The van der Waals surface area contributed by atoms with Gasteiger partial charge in [0.2, 0.25) is 0 Å². The molecule has 0 saturated carbocycles. The van der Waals surface area contributed by atoms with Crippen LogP contribution >= 0.6 is 0 Å². The third-order valence-corrected chi connectivity index (χ3v) is 3.87. The lowest BCUT2D eigenvalue weighted by atomic mass is 9.87. The molecule has 0 spiro atoms. The van der Waals surface area contributed by atoms with Crippen molar-refractivity contribution in [3.63, 3.8) is 0 Å². The Labute approximate surface area is 106 Å². The van der Waals surface area contributed by atoms with Crippen LogP contribution in [0.4, 0.5) is 0 Å². The molecular weight excluding hydrogens is 230 g/mol. The van der Waals surface area contributed by atoms with Gasteiger partial charge in [0.25, 0.3) is 11.8 Å². The lowest BCUT2D eigenvalue weighted by molar-refractivity contribution is 0.0152. The van der Waals surface area contributed by atoms with Crippen LogP contribution in [0.5, 0.6) is 0 Å². The third kappa shape index (κ3) is 1.56. The summed E-state index contributed by atoms with van der Waals surface area (Å²) < 4.78 is 0. The highest BCUT2D eigenvalue weighted by molar-refractivity contribution is 6.21. The molecule has 2 rings (SSSR count). The van der Waals surface area contributed by atoms with E-state index < -0.39 is 5.54 Å². The number of aliphatic hydroxyl groups excluding tert-OH is 1. The van der Waals surface area contributed by atoms with Crippen molar-refractivity contribution < 1.29 is 14.7 Å². The molecule has 4 heteroatoms. The highest BCUT2D eigenvalue weighted by Gasteiger charge is 2.47. The molecule has 1 aliphatic heterocycles. The highest BCUT2D eigenvalue weighted by atomic mass is 16.3. The largest absolute Gasteiger partial charge is 0.394 e. The molecule has 18 heavy (non-hydrogen) atoms. The van der Waals surface area contributed by atoms with Crippen LogP contribution in [-0.2, 0) is 0 Å². The minimum Gasteiger partial charge on any atom is -0.394 e. The van der Waals surface area contributed by atoms with Crippen LogP contribution < -0.4 is 0 Å². The van der Waals surface area contributed by atoms with Crippen molar-refractivity contribution in [3.05, 3.63) is 35.4 Å². The highest BCUT2D eigenvalue weighted by Crippen LogP contribution is 2.33. The molecule has 1 N–H and O–H groups in total. The number of hydrogen-bond acceptors (Lipinski definition) is 3. The molecule has 0 fully saturated rings. The standard InChI is InChI=1S/C14H17NO3/c1-9(2)14(3,8-16)15-12(17)10-6-4-5-7-11(10)13(15)18/h4-7,9,16H,8H2,1-3H3. The van der Waals surface area contributed by atoms with Gasteiger partial charge in [-0.15, -0.1) is 0 Å². The maximum Gasteiger partial charge on any atom is 0.262 e. The van der Waals surface area contributed by atoms with Crippen LogP contribution in [0.1, 0.15) is 41.5 Å². The minimum atomic E-state index is -0.868. The molecule has 1 aromatic rings. The molecule has 1 aliphatic rings. The van der Waals surface area contributed by atoms with Crippen molar-refractivity contribution >= 4 is 11.8 Å². The molecule has 0 saturated heterocycles. The average molecular weight is 247 g/mol. The number of nitrogens with zero attached hydrogens (tertiary/aromatic N) is 1. The van der Waals surface area contributed by atoms with Gasteiger partial charge in [-0.2, -0.15) is 0 Å². The van der Waals surface area contributed by atoms with Gasteiger partial charge in [-0.25, -0.2) is 0 Å². The summed E-state index contributed by atoms with van der Waals surface area (Å²) in [6, 6.07) is 6.76. The molecule has 0 radical (unpaired) electrons. The van der Waals surface area contributed by atoms with Crippen molar-refractivity contribution in [3.8, 4) is 0 Å². The number of rotatable bonds is 3. The van der Waals surface area contributed by atoms with E-state index in [0.717, 1.165) is 0 Å². The first-order valence-electron chi connectivity index (χ1n) is 6.02. The summed E-state index contributed by atoms with van der Waals surface area (Å²) >= 11 is 0. The van der Waals surface area contributed by atoms with Crippen molar-refractivity contribution in [2.45, 2.75) is 26.3 Å². The van der Waals surface area contributed by atoms with Crippen LogP contribution in [0.15, 0.2) is 24.3 Å². The molecule has 96 valence electrons. The predicted octanol–water partition coefficient (Wildman–Crippen LogP) is 1.69. The van der Waals surface area contributed by atoms with Gasteiger partial charge in [0.1, 0.15) is 0 Å². The molecule has 2 amide bonds. The van der Waals surface area contributed by atoms with Gasteiger partial charge < -0.3 is 5.11 Å². The summed E-state index contributed by atoms with van der Waals surface area (Å²) in [6.07, 6.45) is 0. The third-order valence-electron chi connectivity index (χ3n) is 3.87. The molecule has 0 aromatic heterocycles. The predicted molar refractivity (Wildman–Crippen MR) is 67.3 cm³/mol. The normalized spacial score (nSPS) is 18.2. The van der Waals surface area contributed by atoms with Gasteiger partial charge >= 0.3 is 0 Å². The Morgan fingerprint density at radius 2 is 1.61 bits per heavy atom. The van der Waals surface area contributed by atoms with Crippen molar-refractivity contribution in [1.29, 1.82) is 0 Å². The number of aliphatic hydroxyl groups is 1. The van der Waals surface area contributed by atoms with Crippen molar-refractivity contribution in [1.82, 2.24) is 4.90 Å². The van der Waals surface area contributed by atoms with Crippen molar-refractivity contribution in [2.75, 3.05) is 6.61 Å². The van der Waals surface area contributed by atoms with Gasteiger partial charge in [0.05, 0.1) is 23.3 Å². The fraction of sp³-hybridized carbons (Fsp3) is 0.429. The van der Waals surface area contributed by atoms with Crippen LogP contribution in [0, 0.1) is 5.92 Å². The molecule has 1 atom stereocenters. The second-order valence-electron chi connectivity index (χ2n) is 5.16. The fourth-order valence-corrected chi connectivity index (χ4v) is 2.16. The molecule has 0 aliphatic carbocycles. The number of carbonyl (C=O) groups excluding carboxylic acids is 2. The Balaban J connectivity index is 2.51. The summed E-state index contributed by atoms with van der Waals surface area (Å²) in [7, 11) is 0. The zero-order valence-electron chi connectivity index (χ0n) is 10.8. The topological polar surface area (TPSA) is 57.6 Å². The van der Waals surface area contributed by atoms with Crippen LogP contribution in [0.2, 0.25) is 0 Å². The first-order valence-corrected chi connectivity index (χ1v) is 6.02. The lowest BCUT2D eigenvalue weighted by Crippen LogP contribution is -2.55. The van der Waals surface area contributed by atoms with E-state index in [1.165, 1.54) is 4.90 Å². The van der Waals surface area contributed by atoms with Gasteiger partial charge in [-0.1, -0.05) is 26.0 Å². The average Bonchev–Trinajstić information content (AvgIpc) is 2.62. The van der Waals surface area contributed by atoms with Gasteiger partial charge in [-0.05, 0) is 25.0 Å². The smallest absolute Gasteiger partial charge is 0.262 e. The van der Waals surface area contributed by atoms with Crippen molar-refractivity contribution in [2.24, 2.45) is 5.92 Å².